The van der Waals surface area contributed by atoms with Crippen molar-refractivity contribution in [1.82, 2.24) is 14.9 Å². The Morgan fingerprint density at radius 1 is 1.45 bits per heavy atom. The second kappa shape index (κ2) is 5.49. The van der Waals surface area contributed by atoms with Crippen LogP contribution >= 0.6 is 0 Å². The van der Waals surface area contributed by atoms with Crippen LogP contribution in [0.2, 0.25) is 0 Å². The predicted molar refractivity (Wildman–Crippen MR) is 79.9 cm³/mol. The number of nitrogens with zero attached hydrogens (tertiary/aromatic N) is 2. The topological polar surface area (TPSA) is 39.1 Å². The molecule has 1 fully saturated rings. The van der Waals surface area contributed by atoms with Crippen LogP contribution in [0.4, 0.5) is 0 Å². The Kier molecular flexibility index (Phi) is 3.87. The Morgan fingerprint density at radius 2 is 2.30 bits per heavy atom. The summed E-state index contributed by atoms with van der Waals surface area (Å²) in [4.78, 5) is 4.96. The number of hydrogen-bond acceptors (Lipinski definition) is 3. The summed E-state index contributed by atoms with van der Waals surface area (Å²) in [7, 11) is 0. The average Bonchev–Trinajstić information content (AvgIpc) is 2.77. The third-order valence-corrected chi connectivity index (χ3v) is 4.50. The molecule has 1 saturated heterocycles. The maximum absolute atomic E-state index is 5.80. The number of rotatable bonds is 3. The second-order valence-corrected chi connectivity index (χ2v) is 6.93. The summed E-state index contributed by atoms with van der Waals surface area (Å²) >= 11 is 0. The molecule has 0 amide bonds. The van der Waals surface area contributed by atoms with Crippen molar-refractivity contribution in [3.05, 3.63) is 17.2 Å². The summed E-state index contributed by atoms with van der Waals surface area (Å²) in [5.41, 5.74) is 2.81. The van der Waals surface area contributed by atoms with Gasteiger partial charge in [0, 0.05) is 38.2 Å². The van der Waals surface area contributed by atoms with E-state index in [0.717, 1.165) is 45.6 Å². The van der Waals surface area contributed by atoms with E-state index < -0.39 is 0 Å². The smallest absolute Gasteiger partial charge is 0.110 e. The molecule has 1 aromatic rings. The van der Waals surface area contributed by atoms with E-state index in [1.54, 1.807) is 0 Å². The molecule has 1 N–H and O–H groups in total. The SMILES string of the molecule is CC(C)Cc1nc2c(n1C1(C)CCCOC1)CCNC2. The average molecular weight is 277 g/mol. The van der Waals surface area contributed by atoms with Gasteiger partial charge >= 0.3 is 0 Å². The standard InChI is InChI=1S/C16H27N3O/c1-12(2)9-15-18-13-10-17-7-5-14(13)19(15)16(3)6-4-8-20-11-16/h12,17H,4-11H2,1-3H3. The largest absolute Gasteiger partial charge is 0.379 e. The maximum Gasteiger partial charge on any atom is 0.110 e. The van der Waals surface area contributed by atoms with Crippen molar-refractivity contribution in [3.63, 3.8) is 0 Å². The second-order valence-electron chi connectivity index (χ2n) is 6.93. The van der Waals surface area contributed by atoms with Gasteiger partial charge in [0.2, 0.25) is 0 Å². The summed E-state index contributed by atoms with van der Waals surface area (Å²) < 4.78 is 8.34. The van der Waals surface area contributed by atoms with Gasteiger partial charge in [-0.05, 0) is 25.7 Å². The van der Waals surface area contributed by atoms with Gasteiger partial charge in [0.1, 0.15) is 5.82 Å². The minimum atomic E-state index is 0.0976. The zero-order valence-corrected chi connectivity index (χ0v) is 13.0. The molecule has 0 spiro atoms. The van der Waals surface area contributed by atoms with Crippen LogP contribution in [0.5, 0.6) is 0 Å². The van der Waals surface area contributed by atoms with Gasteiger partial charge in [-0.25, -0.2) is 4.98 Å². The minimum absolute atomic E-state index is 0.0976. The molecule has 0 aliphatic carbocycles. The number of nitrogens with one attached hydrogen (secondary N) is 1. The molecule has 4 heteroatoms. The van der Waals surface area contributed by atoms with Crippen molar-refractivity contribution >= 4 is 0 Å². The lowest BCUT2D eigenvalue weighted by atomic mass is 9.93. The summed E-state index contributed by atoms with van der Waals surface area (Å²) in [6.07, 6.45) is 4.51. The van der Waals surface area contributed by atoms with E-state index in [2.05, 4.69) is 30.7 Å². The quantitative estimate of drug-likeness (QED) is 0.921. The lowest BCUT2D eigenvalue weighted by Gasteiger charge is -2.38. The van der Waals surface area contributed by atoms with Gasteiger partial charge in [-0.15, -0.1) is 0 Å². The van der Waals surface area contributed by atoms with Crippen LogP contribution in [-0.4, -0.2) is 29.3 Å². The molecular weight excluding hydrogens is 250 g/mol. The molecule has 20 heavy (non-hydrogen) atoms. The van der Waals surface area contributed by atoms with Gasteiger partial charge in [-0.3, -0.25) is 0 Å². The zero-order chi connectivity index (χ0) is 14.2. The summed E-state index contributed by atoms with van der Waals surface area (Å²) in [6, 6.07) is 0. The van der Waals surface area contributed by atoms with Crippen LogP contribution < -0.4 is 5.32 Å². The van der Waals surface area contributed by atoms with Crippen molar-refractivity contribution in [2.75, 3.05) is 19.8 Å². The van der Waals surface area contributed by atoms with Crippen molar-refractivity contribution in [2.45, 2.75) is 58.5 Å². The van der Waals surface area contributed by atoms with E-state index in [1.807, 2.05) is 0 Å². The van der Waals surface area contributed by atoms with Crippen molar-refractivity contribution in [2.24, 2.45) is 5.92 Å². The number of aromatic nitrogens is 2. The molecule has 0 aromatic carbocycles. The molecule has 4 nitrogen and oxygen atoms in total. The Hall–Kier alpha value is -0.870. The maximum atomic E-state index is 5.80. The van der Waals surface area contributed by atoms with E-state index >= 15 is 0 Å². The first-order valence-corrected chi connectivity index (χ1v) is 7.98. The zero-order valence-electron chi connectivity index (χ0n) is 13.0. The van der Waals surface area contributed by atoms with Gasteiger partial charge in [0.25, 0.3) is 0 Å². The Morgan fingerprint density at radius 3 is 3.00 bits per heavy atom. The first kappa shape index (κ1) is 14.1. The molecule has 1 unspecified atom stereocenters. The monoisotopic (exact) mass is 277 g/mol. The highest BCUT2D eigenvalue weighted by atomic mass is 16.5. The first-order valence-electron chi connectivity index (χ1n) is 7.98. The third-order valence-electron chi connectivity index (χ3n) is 4.50. The van der Waals surface area contributed by atoms with Gasteiger partial charge in [0.05, 0.1) is 17.8 Å². The number of hydrogen-bond donors (Lipinski definition) is 1. The van der Waals surface area contributed by atoms with E-state index in [1.165, 1.54) is 23.6 Å². The van der Waals surface area contributed by atoms with E-state index in [-0.39, 0.29) is 5.54 Å². The summed E-state index contributed by atoms with van der Waals surface area (Å²) in [5, 5.41) is 3.44. The fourth-order valence-corrected chi connectivity index (χ4v) is 3.60. The Bertz CT molecular complexity index is 472. The van der Waals surface area contributed by atoms with Crippen LogP contribution in [0.3, 0.4) is 0 Å². The van der Waals surface area contributed by atoms with Crippen molar-refractivity contribution in [3.8, 4) is 0 Å². The van der Waals surface area contributed by atoms with E-state index in [0.29, 0.717) is 5.92 Å². The van der Waals surface area contributed by atoms with Crippen molar-refractivity contribution in [1.29, 1.82) is 0 Å². The normalized spacial score (nSPS) is 26.8. The Labute approximate surface area is 121 Å². The highest BCUT2D eigenvalue weighted by Gasteiger charge is 2.35. The molecule has 1 aromatic heterocycles. The molecule has 0 saturated carbocycles. The molecular formula is C16H27N3O. The van der Waals surface area contributed by atoms with Gasteiger partial charge in [-0.1, -0.05) is 13.8 Å². The molecule has 0 bridgehead atoms. The molecule has 2 aliphatic heterocycles. The van der Waals surface area contributed by atoms with E-state index in [9.17, 15) is 0 Å². The fourth-order valence-electron chi connectivity index (χ4n) is 3.60. The van der Waals surface area contributed by atoms with Crippen LogP contribution in [-0.2, 0) is 29.7 Å². The van der Waals surface area contributed by atoms with Crippen LogP contribution in [0, 0.1) is 5.92 Å². The van der Waals surface area contributed by atoms with Crippen LogP contribution in [0.25, 0.3) is 0 Å². The number of fused-ring (bicyclic) bond motifs is 1. The molecule has 1 atom stereocenters. The highest BCUT2D eigenvalue weighted by molar-refractivity contribution is 5.23. The lowest BCUT2D eigenvalue weighted by Crippen LogP contribution is -2.42. The summed E-state index contributed by atoms with van der Waals surface area (Å²) in [5.74, 6) is 1.90. The third kappa shape index (κ3) is 2.51. The number of imidazole rings is 1. The molecule has 112 valence electrons. The Balaban J connectivity index is 2.03. The predicted octanol–water partition coefficient (Wildman–Crippen LogP) is 2.25. The molecule has 3 heterocycles. The van der Waals surface area contributed by atoms with Crippen molar-refractivity contribution < 1.29 is 4.74 Å². The fraction of sp³-hybridized carbons (Fsp3) is 0.812. The van der Waals surface area contributed by atoms with Gasteiger partial charge in [0.15, 0.2) is 0 Å². The minimum Gasteiger partial charge on any atom is -0.379 e. The highest BCUT2D eigenvalue weighted by Crippen LogP contribution is 2.33. The van der Waals surface area contributed by atoms with E-state index in [4.69, 9.17) is 9.72 Å². The van der Waals surface area contributed by atoms with Gasteiger partial charge in [-0.2, -0.15) is 0 Å². The number of ether oxygens (including phenoxy) is 1. The molecule has 2 aliphatic rings. The molecule has 0 radical (unpaired) electrons. The first-order chi connectivity index (χ1) is 9.60. The van der Waals surface area contributed by atoms with Crippen LogP contribution in [0.1, 0.15) is 50.8 Å². The van der Waals surface area contributed by atoms with Crippen LogP contribution in [0.15, 0.2) is 0 Å². The van der Waals surface area contributed by atoms with Gasteiger partial charge < -0.3 is 14.6 Å². The lowest BCUT2D eigenvalue weighted by molar-refractivity contribution is 0.00664. The molecule has 3 rings (SSSR count). The summed E-state index contributed by atoms with van der Waals surface area (Å²) in [6.45, 7) is 10.6.